The summed E-state index contributed by atoms with van der Waals surface area (Å²) in [5.41, 5.74) is -0.279. The number of nitrogens with zero attached hydrogens (tertiary/aromatic N) is 3. The Balaban J connectivity index is 2.33. The molecule has 0 saturated heterocycles. The molecule has 0 saturated carbocycles. The Bertz CT molecular complexity index is 836. The smallest absolute Gasteiger partial charge is 0.332 e. The highest BCUT2D eigenvalue weighted by molar-refractivity contribution is 6.28. The summed E-state index contributed by atoms with van der Waals surface area (Å²) in [4.78, 5) is 43.2. The maximum absolute atomic E-state index is 12.7. The third-order valence-electron chi connectivity index (χ3n) is 3.88. The van der Waals surface area contributed by atoms with Crippen LogP contribution in [0.15, 0.2) is 9.59 Å². The van der Waals surface area contributed by atoms with Gasteiger partial charge in [-0.1, -0.05) is 13.3 Å². The largest absolute Gasteiger partial charge is 0.359 e. The van der Waals surface area contributed by atoms with Crippen molar-refractivity contribution in [3.63, 3.8) is 0 Å². The van der Waals surface area contributed by atoms with Crippen molar-refractivity contribution in [2.24, 2.45) is 0 Å². The van der Waals surface area contributed by atoms with Gasteiger partial charge >= 0.3 is 5.69 Å². The normalized spacial score (nSPS) is 11.1. The highest BCUT2D eigenvalue weighted by Crippen LogP contribution is 2.10. The van der Waals surface area contributed by atoms with Gasteiger partial charge in [-0.05, 0) is 30.9 Å². The lowest BCUT2D eigenvalue weighted by Crippen LogP contribution is -2.40. The van der Waals surface area contributed by atoms with Crippen LogP contribution in [0.2, 0.25) is 5.28 Å². The summed E-state index contributed by atoms with van der Waals surface area (Å²) in [5.74, 6) is -0.0569. The molecule has 0 aliphatic rings. The van der Waals surface area contributed by atoms with Crippen LogP contribution in [-0.2, 0) is 17.9 Å². The molecule has 0 atom stereocenters. The van der Waals surface area contributed by atoms with Crippen molar-refractivity contribution in [2.45, 2.75) is 52.1 Å². The Morgan fingerprint density at radius 1 is 1.21 bits per heavy atom. The lowest BCUT2D eigenvalue weighted by atomic mass is 10.2. The molecule has 1 amide bonds. The van der Waals surface area contributed by atoms with Gasteiger partial charge in [0.2, 0.25) is 11.2 Å². The third kappa shape index (κ3) is 3.87. The van der Waals surface area contributed by atoms with E-state index in [-0.39, 0.29) is 28.9 Å². The van der Waals surface area contributed by atoms with Crippen molar-refractivity contribution in [1.82, 2.24) is 24.4 Å². The summed E-state index contributed by atoms with van der Waals surface area (Å²) in [6, 6.07) is 0. The minimum absolute atomic E-state index is 0.0569. The Hall–Kier alpha value is -2.09. The average molecular weight is 356 g/mol. The van der Waals surface area contributed by atoms with Gasteiger partial charge in [0, 0.05) is 26.6 Å². The molecular weight excluding hydrogens is 334 g/mol. The molecule has 2 rings (SSSR count). The second-order valence-electron chi connectivity index (χ2n) is 5.60. The topological polar surface area (TPSA) is 102 Å². The standard InChI is InChI=1S/C15H22ClN5O3/c1-3-4-8-20-12-11(18-14(16)19-12)13(23)21(15(20)24)9-6-5-7-10(22)17-2/h3-9H2,1-2H3,(H,17,22)(H,18,19). The second kappa shape index (κ2) is 8.14. The number of halogens is 1. The highest BCUT2D eigenvalue weighted by Gasteiger charge is 2.16. The van der Waals surface area contributed by atoms with Crippen molar-refractivity contribution in [1.29, 1.82) is 0 Å². The van der Waals surface area contributed by atoms with Crippen LogP contribution in [-0.4, -0.2) is 32.1 Å². The van der Waals surface area contributed by atoms with E-state index in [4.69, 9.17) is 11.6 Å². The fraction of sp³-hybridized carbons (Fsp3) is 0.600. The number of aryl methyl sites for hydroxylation is 1. The molecule has 0 aliphatic heterocycles. The van der Waals surface area contributed by atoms with Crippen molar-refractivity contribution in [3.8, 4) is 0 Å². The van der Waals surface area contributed by atoms with Crippen LogP contribution in [0.1, 0.15) is 39.0 Å². The first kappa shape index (κ1) is 18.3. The third-order valence-corrected chi connectivity index (χ3v) is 4.06. The summed E-state index contributed by atoms with van der Waals surface area (Å²) in [5, 5.41) is 2.63. The predicted octanol–water partition coefficient (Wildman–Crippen LogP) is 1.26. The van der Waals surface area contributed by atoms with Crippen LogP contribution in [0, 0.1) is 0 Å². The lowest BCUT2D eigenvalue weighted by Gasteiger charge is -2.10. The van der Waals surface area contributed by atoms with Crippen molar-refractivity contribution in [2.75, 3.05) is 7.05 Å². The molecule has 132 valence electrons. The summed E-state index contributed by atoms with van der Waals surface area (Å²) in [6.07, 6.45) is 3.24. The highest BCUT2D eigenvalue weighted by atomic mass is 35.5. The van der Waals surface area contributed by atoms with E-state index in [1.807, 2.05) is 6.92 Å². The van der Waals surface area contributed by atoms with Crippen molar-refractivity contribution < 1.29 is 4.79 Å². The van der Waals surface area contributed by atoms with E-state index in [9.17, 15) is 14.4 Å². The zero-order valence-corrected chi connectivity index (χ0v) is 14.7. The molecule has 2 aromatic heterocycles. The Morgan fingerprint density at radius 3 is 2.58 bits per heavy atom. The first-order chi connectivity index (χ1) is 11.5. The molecule has 0 spiro atoms. The van der Waals surface area contributed by atoms with E-state index in [1.54, 1.807) is 7.05 Å². The van der Waals surface area contributed by atoms with Gasteiger partial charge in [-0.3, -0.25) is 18.7 Å². The molecule has 0 unspecified atom stereocenters. The SMILES string of the molecule is CCCCn1c(=O)n(CCCCC(=O)NC)c(=O)c2[nH]c(Cl)nc21. The summed E-state index contributed by atoms with van der Waals surface area (Å²) >= 11 is 5.87. The van der Waals surface area contributed by atoms with Crippen molar-refractivity contribution in [3.05, 3.63) is 26.1 Å². The van der Waals surface area contributed by atoms with Gasteiger partial charge in [0.15, 0.2) is 11.2 Å². The number of H-pyrrole nitrogens is 1. The molecule has 2 heterocycles. The van der Waals surface area contributed by atoms with E-state index in [0.29, 0.717) is 31.5 Å². The van der Waals surface area contributed by atoms with Crippen LogP contribution in [0.4, 0.5) is 0 Å². The van der Waals surface area contributed by atoms with Gasteiger partial charge < -0.3 is 10.3 Å². The summed E-state index contributed by atoms with van der Waals surface area (Å²) in [6.45, 7) is 2.76. The molecular formula is C15H22ClN5O3. The van der Waals surface area contributed by atoms with Gasteiger partial charge in [-0.25, -0.2) is 4.79 Å². The maximum atomic E-state index is 12.7. The molecule has 0 aliphatic carbocycles. The van der Waals surface area contributed by atoms with E-state index < -0.39 is 5.56 Å². The van der Waals surface area contributed by atoms with E-state index >= 15 is 0 Å². The summed E-state index contributed by atoms with van der Waals surface area (Å²) in [7, 11) is 1.58. The van der Waals surface area contributed by atoms with Gasteiger partial charge in [0.1, 0.15) is 0 Å². The molecule has 0 bridgehead atoms. The van der Waals surface area contributed by atoms with Crippen LogP contribution in [0.5, 0.6) is 0 Å². The summed E-state index contributed by atoms with van der Waals surface area (Å²) < 4.78 is 2.68. The number of fused-ring (bicyclic) bond motifs is 1. The molecule has 8 nitrogen and oxygen atoms in total. The van der Waals surface area contributed by atoms with Crippen LogP contribution in [0.25, 0.3) is 11.2 Å². The molecule has 2 N–H and O–H groups in total. The lowest BCUT2D eigenvalue weighted by molar-refractivity contribution is -0.120. The van der Waals surface area contributed by atoms with Gasteiger partial charge in [-0.2, -0.15) is 4.98 Å². The molecule has 24 heavy (non-hydrogen) atoms. The monoisotopic (exact) mass is 355 g/mol. The Morgan fingerprint density at radius 2 is 1.92 bits per heavy atom. The zero-order chi connectivity index (χ0) is 17.7. The van der Waals surface area contributed by atoms with Gasteiger partial charge in [-0.15, -0.1) is 0 Å². The van der Waals surface area contributed by atoms with Gasteiger partial charge in [0.25, 0.3) is 5.56 Å². The first-order valence-electron chi connectivity index (χ1n) is 8.09. The number of aromatic amines is 1. The van der Waals surface area contributed by atoms with Gasteiger partial charge in [0.05, 0.1) is 0 Å². The van der Waals surface area contributed by atoms with E-state index in [0.717, 1.165) is 12.8 Å². The predicted molar refractivity (Wildman–Crippen MR) is 92.4 cm³/mol. The first-order valence-corrected chi connectivity index (χ1v) is 8.46. The van der Waals surface area contributed by atoms with E-state index in [2.05, 4.69) is 15.3 Å². The Kier molecular flexibility index (Phi) is 6.19. The number of nitrogens with one attached hydrogen (secondary N) is 2. The minimum atomic E-state index is -0.429. The molecule has 0 radical (unpaired) electrons. The molecule has 0 aromatic carbocycles. The number of unbranched alkanes of at least 4 members (excludes halogenated alkanes) is 2. The average Bonchev–Trinajstić information content (AvgIpc) is 2.95. The van der Waals surface area contributed by atoms with E-state index in [1.165, 1.54) is 9.13 Å². The fourth-order valence-electron chi connectivity index (χ4n) is 2.53. The minimum Gasteiger partial charge on any atom is -0.359 e. The zero-order valence-electron chi connectivity index (χ0n) is 13.9. The number of carbonyl (C=O) groups is 1. The fourth-order valence-corrected chi connectivity index (χ4v) is 2.71. The number of hydrogen-bond acceptors (Lipinski definition) is 4. The van der Waals surface area contributed by atoms with Crippen LogP contribution in [0.3, 0.4) is 0 Å². The quantitative estimate of drug-likeness (QED) is 0.549. The number of aromatic nitrogens is 4. The Labute approximate surface area is 143 Å². The number of hydrogen-bond donors (Lipinski definition) is 2. The number of rotatable bonds is 8. The molecule has 2 aromatic rings. The van der Waals surface area contributed by atoms with Crippen LogP contribution >= 0.6 is 11.6 Å². The maximum Gasteiger partial charge on any atom is 0.332 e. The number of imidazole rings is 1. The molecule has 9 heteroatoms. The van der Waals surface area contributed by atoms with Crippen LogP contribution < -0.4 is 16.6 Å². The number of amides is 1. The molecule has 0 fully saturated rings. The van der Waals surface area contributed by atoms with Crippen molar-refractivity contribution >= 4 is 28.7 Å². The number of carbonyl (C=O) groups excluding carboxylic acids is 1. The second-order valence-corrected chi connectivity index (χ2v) is 5.96.